The zero-order chi connectivity index (χ0) is 20.6. The van der Waals surface area contributed by atoms with Gasteiger partial charge in [0.2, 0.25) is 5.89 Å². The second-order valence-electron chi connectivity index (χ2n) is 6.99. The van der Waals surface area contributed by atoms with E-state index in [2.05, 4.69) is 10.1 Å². The number of carbonyl (C=O) groups is 1. The lowest BCUT2D eigenvalue weighted by Crippen LogP contribution is -2.37. The number of alkyl halides is 3. The Morgan fingerprint density at radius 3 is 2.59 bits per heavy atom. The topological polar surface area (TPSA) is 72.4 Å². The van der Waals surface area contributed by atoms with E-state index in [1.807, 2.05) is 0 Å². The SMILES string of the molecule is Cc1noc(C2CCN(C(=O)c3ccc(-c4cccc(C(F)(F)F)c4)o3)CC2)n1. The lowest BCUT2D eigenvalue weighted by molar-refractivity contribution is -0.137. The third kappa shape index (κ3) is 4.03. The predicted octanol–water partition coefficient (Wildman–Crippen LogP) is 4.68. The minimum absolute atomic E-state index is 0.101. The number of likely N-dealkylation sites (tertiary alicyclic amines) is 1. The Balaban J connectivity index is 1.44. The highest BCUT2D eigenvalue weighted by molar-refractivity contribution is 5.92. The number of nitrogens with zero attached hydrogens (tertiary/aromatic N) is 3. The van der Waals surface area contributed by atoms with Gasteiger partial charge in [0.15, 0.2) is 11.6 Å². The van der Waals surface area contributed by atoms with Gasteiger partial charge in [-0.1, -0.05) is 17.3 Å². The van der Waals surface area contributed by atoms with E-state index in [1.165, 1.54) is 24.3 Å². The highest BCUT2D eigenvalue weighted by Crippen LogP contribution is 2.33. The Morgan fingerprint density at radius 1 is 1.17 bits per heavy atom. The molecule has 1 fully saturated rings. The summed E-state index contributed by atoms with van der Waals surface area (Å²) < 4.78 is 49.5. The summed E-state index contributed by atoms with van der Waals surface area (Å²) in [7, 11) is 0. The number of piperidine rings is 1. The summed E-state index contributed by atoms with van der Waals surface area (Å²) in [4.78, 5) is 18.6. The fraction of sp³-hybridized carbons (Fsp3) is 0.350. The molecular weight excluding hydrogens is 387 g/mol. The van der Waals surface area contributed by atoms with Gasteiger partial charge in [-0.25, -0.2) is 0 Å². The first-order valence-electron chi connectivity index (χ1n) is 9.18. The molecule has 1 aliphatic rings. The second kappa shape index (κ2) is 7.38. The van der Waals surface area contributed by atoms with E-state index in [-0.39, 0.29) is 28.9 Å². The van der Waals surface area contributed by atoms with Crippen LogP contribution in [0, 0.1) is 6.92 Å². The maximum absolute atomic E-state index is 12.9. The van der Waals surface area contributed by atoms with Crippen LogP contribution in [0.3, 0.4) is 0 Å². The maximum Gasteiger partial charge on any atom is 0.416 e. The molecule has 1 saturated heterocycles. The van der Waals surface area contributed by atoms with Crippen molar-refractivity contribution in [3.05, 3.63) is 59.4 Å². The van der Waals surface area contributed by atoms with Crippen molar-refractivity contribution in [1.82, 2.24) is 15.0 Å². The molecule has 6 nitrogen and oxygen atoms in total. The summed E-state index contributed by atoms with van der Waals surface area (Å²) in [6.45, 7) is 2.76. The average Bonchev–Trinajstić information content (AvgIpc) is 3.36. The third-order valence-electron chi connectivity index (χ3n) is 4.97. The molecule has 3 heterocycles. The molecule has 0 saturated carbocycles. The molecule has 0 atom stereocenters. The van der Waals surface area contributed by atoms with Crippen molar-refractivity contribution in [2.75, 3.05) is 13.1 Å². The number of carbonyl (C=O) groups excluding carboxylic acids is 1. The number of rotatable bonds is 3. The van der Waals surface area contributed by atoms with Crippen molar-refractivity contribution < 1.29 is 26.9 Å². The highest BCUT2D eigenvalue weighted by Gasteiger charge is 2.31. The van der Waals surface area contributed by atoms with Crippen LogP contribution in [0.25, 0.3) is 11.3 Å². The molecule has 3 aromatic rings. The van der Waals surface area contributed by atoms with Crippen LogP contribution in [0.4, 0.5) is 13.2 Å². The van der Waals surface area contributed by atoms with Crippen molar-refractivity contribution in [2.45, 2.75) is 31.9 Å². The molecular formula is C20H18F3N3O3. The minimum atomic E-state index is -4.44. The zero-order valence-electron chi connectivity index (χ0n) is 15.6. The van der Waals surface area contributed by atoms with Crippen LogP contribution >= 0.6 is 0 Å². The molecule has 0 N–H and O–H groups in total. The lowest BCUT2D eigenvalue weighted by atomic mass is 9.96. The first-order valence-corrected chi connectivity index (χ1v) is 9.18. The molecule has 2 aromatic heterocycles. The molecule has 0 radical (unpaired) electrons. The molecule has 1 aliphatic heterocycles. The van der Waals surface area contributed by atoms with E-state index in [4.69, 9.17) is 8.94 Å². The van der Waals surface area contributed by atoms with E-state index in [1.54, 1.807) is 11.8 Å². The van der Waals surface area contributed by atoms with Crippen LogP contribution in [-0.2, 0) is 6.18 Å². The van der Waals surface area contributed by atoms with E-state index in [0.717, 1.165) is 12.1 Å². The standard InChI is InChI=1S/C20H18F3N3O3/c1-12-24-18(29-25-12)13-7-9-26(10-8-13)19(27)17-6-5-16(28-17)14-3-2-4-15(11-14)20(21,22)23/h2-6,11,13H,7-10H2,1H3. The maximum atomic E-state index is 12.9. The number of hydrogen-bond donors (Lipinski definition) is 0. The van der Waals surface area contributed by atoms with Gasteiger partial charge in [0.25, 0.3) is 5.91 Å². The summed E-state index contributed by atoms with van der Waals surface area (Å²) in [6, 6.07) is 7.83. The fourth-order valence-electron chi connectivity index (χ4n) is 3.42. The molecule has 29 heavy (non-hydrogen) atoms. The number of halogens is 3. The summed E-state index contributed by atoms with van der Waals surface area (Å²) in [5.74, 6) is 1.30. The van der Waals surface area contributed by atoms with E-state index >= 15 is 0 Å². The predicted molar refractivity (Wildman–Crippen MR) is 96.1 cm³/mol. The Hall–Kier alpha value is -3.10. The fourth-order valence-corrected chi connectivity index (χ4v) is 3.42. The number of aromatic nitrogens is 2. The van der Waals surface area contributed by atoms with Gasteiger partial charge in [0.1, 0.15) is 5.76 Å². The highest BCUT2D eigenvalue weighted by atomic mass is 19.4. The Kier molecular flexibility index (Phi) is 4.89. The first-order chi connectivity index (χ1) is 13.8. The quantitative estimate of drug-likeness (QED) is 0.633. The van der Waals surface area contributed by atoms with Crippen molar-refractivity contribution in [1.29, 1.82) is 0 Å². The molecule has 4 rings (SSSR count). The van der Waals surface area contributed by atoms with Gasteiger partial charge < -0.3 is 13.8 Å². The monoisotopic (exact) mass is 405 g/mol. The van der Waals surface area contributed by atoms with Gasteiger partial charge in [0.05, 0.1) is 5.56 Å². The molecule has 9 heteroatoms. The zero-order valence-corrected chi connectivity index (χ0v) is 15.6. The van der Waals surface area contributed by atoms with Crippen LogP contribution < -0.4 is 0 Å². The van der Waals surface area contributed by atoms with Crippen molar-refractivity contribution in [2.24, 2.45) is 0 Å². The summed E-state index contributed by atoms with van der Waals surface area (Å²) in [5.41, 5.74) is -0.498. The number of aryl methyl sites for hydroxylation is 1. The third-order valence-corrected chi connectivity index (χ3v) is 4.97. The number of amides is 1. The number of benzene rings is 1. The Bertz CT molecular complexity index is 1020. The van der Waals surface area contributed by atoms with E-state index in [0.29, 0.717) is 37.6 Å². The van der Waals surface area contributed by atoms with Gasteiger partial charge in [-0.05, 0) is 44.0 Å². The molecule has 152 valence electrons. The van der Waals surface area contributed by atoms with Crippen molar-refractivity contribution in [3.63, 3.8) is 0 Å². The largest absolute Gasteiger partial charge is 0.451 e. The summed E-state index contributed by atoms with van der Waals surface area (Å²) >= 11 is 0. The molecule has 0 aliphatic carbocycles. The summed E-state index contributed by atoms with van der Waals surface area (Å²) in [5, 5.41) is 3.79. The van der Waals surface area contributed by atoms with Gasteiger partial charge in [-0.15, -0.1) is 0 Å². The number of furan rings is 1. The Morgan fingerprint density at radius 2 is 1.93 bits per heavy atom. The molecule has 0 spiro atoms. The van der Waals surface area contributed by atoms with Crippen LogP contribution in [0.1, 0.15) is 46.6 Å². The first kappa shape index (κ1) is 19.2. The number of hydrogen-bond acceptors (Lipinski definition) is 5. The smallest absolute Gasteiger partial charge is 0.416 e. The van der Waals surface area contributed by atoms with Crippen molar-refractivity contribution in [3.8, 4) is 11.3 Å². The van der Waals surface area contributed by atoms with Crippen LogP contribution in [0.2, 0.25) is 0 Å². The van der Waals surface area contributed by atoms with Gasteiger partial charge in [-0.3, -0.25) is 4.79 Å². The van der Waals surface area contributed by atoms with Crippen LogP contribution in [0.15, 0.2) is 45.3 Å². The lowest BCUT2D eigenvalue weighted by Gasteiger charge is -2.29. The normalized spacial score (nSPS) is 15.7. The van der Waals surface area contributed by atoms with Gasteiger partial charge >= 0.3 is 6.18 Å². The molecule has 1 aromatic carbocycles. The molecule has 0 unspecified atom stereocenters. The van der Waals surface area contributed by atoms with E-state index in [9.17, 15) is 18.0 Å². The van der Waals surface area contributed by atoms with Crippen LogP contribution in [-0.4, -0.2) is 34.0 Å². The molecule has 0 bridgehead atoms. The van der Waals surface area contributed by atoms with Crippen molar-refractivity contribution >= 4 is 5.91 Å². The van der Waals surface area contributed by atoms with Gasteiger partial charge in [0, 0.05) is 24.6 Å². The molecule has 1 amide bonds. The van der Waals surface area contributed by atoms with E-state index < -0.39 is 11.7 Å². The second-order valence-corrected chi connectivity index (χ2v) is 6.99. The Labute approximate surface area is 164 Å². The van der Waals surface area contributed by atoms with Crippen LogP contribution in [0.5, 0.6) is 0 Å². The van der Waals surface area contributed by atoms with Gasteiger partial charge in [-0.2, -0.15) is 18.2 Å². The summed E-state index contributed by atoms with van der Waals surface area (Å²) in [6.07, 6.45) is -3.06. The minimum Gasteiger partial charge on any atom is -0.451 e. The average molecular weight is 405 g/mol.